The molecule has 2 aromatic carbocycles. The summed E-state index contributed by atoms with van der Waals surface area (Å²) >= 11 is 5.72. The molecule has 9 heteroatoms. The van der Waals surface area contributed by atoms with Gasteiger partial charge in [0, 0.05) is 25.3 Å². The monoisotopic (exact) mass is 396 g/mol. The lowest BCUT2D eigenvalue weighted by Gasteiger charge is -2.19. The van der Waals surface area contributed by atoms with Gasteiger partial charge >= 0.3 is 0 Å². The minimum absolute atomic E-state index is 0.134. The van der Waals surface area contributed by atoms with Crippen LogP contribution in [0.2, 0.25) is 0 Å². The number of fused-ring (bicyclic) bond motifs is 1. The number of carbonyl (C=O) groups is 1. The summed E-state index contributed by atoms with van der Waals surface area (Å²) in [6, 6.07) is 12.7. The Balaban J connectivity index is 1.83. The number of hydrogen-bond acceptors (Lipinski definition) is 6. The third-order valence-corrected chi connectivity index (χ3v) is 4.80. The molecule has 0 radical (unpaired) electrons. The van der Waals surface area contributed by atoms with Gasteiger partial charge in [0.1, 0.15) is 4.34 Å². The molecular formula is C18H16N6OS2. The topological polar surface area (TPSA) is 93.4 Å². The first-order chi connectivity index (χ1) is 13.0. The van der Waals surface area contributed by atoms with E-state index in [-0.39, 0.29) is 5.91 Å². The van der Waals surface area contributed by atoms with Crippen molar-refractivity contribution in [3.05, 3.63) is 42.5 Å². The third-order valence-electron chi connectivity index (χ3n) is 3.60. The van der Waals surface area contributed by atoms with Gasteiger partial charge in [0.05, 0.1) is 15.9 Å². The van der Waals surface area contributed by atoms with E-state index in [1.807, 2.05) is 18.2 Å². The van der Waals surface area contributed by atoms with E-state index in [1.54, 1.807) is 31.3 Å². The molecule has 0 bridgehead atoms. The van der Waals surface area contributed by atoms with E-state index in [4.69, 9.17) is 0 Å². The molecule has 0 aliphatic heterocycles. The number of carbonyl (C=O) groups excluding carboxylic acids is 1. The summed E-state index contributed by atoms with van der Waals surface area (Å²) in [5, 5.41) is 15.5. The number of guanidine groups is 1. The van der Waals surface area contributed by atoms with E-state index in [1.165, 1.54) is 23.2 Å². The highest BCUT2D eigenvalue weighted by molar-refractivity contribution is 7.82. The number of nitriles is 1. The van der Waals surface area contributed by atoms with Crippen LogP contribution in [0, 0.1) is 11.5 Å². The Morgan fingerprint density at radius 1 is 1.22 bits per heavy atom. The molecule has 1 heterocycles. The fraction of sp³-hybridized carbons (Fsp3) is 0.111. The highest BCUT2D eigenvalue weighted by atomic mass is 32.2. The first-order valence-electron chi connectivity index (χ1n) is 7.91. The third kappa shape index (κ3) is 4.36. The van der Waals surface area contributed by atoms with Gasteiger partial charge in [-0.2, -0.15) is 5.26 Å². The van der Waals surface area contributed by atoms with Crippen molar-refractivity contribution in [1.29, 1.82) is 5.26 Å². The second kappa shape index (κ2) is 8.07. The lowest BCUT2D eigenvalue weighted by atomic mass is 10.2. The number of nitrogens with zero attached hydrogens (tertiary/aromatic N) is 4. The van der Waals surface area contributed by atoms with Crippen molar-refractivity contribution in [2.45, 2.75) is 11.3 Å². The van der Waals surface area contributed by atoms with Crippen LogP contribution in [0.5, 0.6) is 0 Å². The predicted molar refractivity (Wildman–Crippen MR) is 113 cm³/mol. The zero-order valence-electron chi connectivity index (χ0n) is 14.6. The summed E-state index contributed by atoms with van der Waals surface area (Å²) in [7, 11) is 1.61. The van der Waals surface area contributed by atoms with Crippen LogP contribution in [0.3, 0.4) is 0 Å². The molecule has 3 rings (SSSR count). The smallest absolute Gasteiger partial charge is 0.221 e. The summed E-state index contributed by atoms with van der Waals surface area (Å²) in [5.74, 6) is 0.241. The lowest BCUT2D eigenvalue weighted by Crippen LogP contribution is -2.32. The minimum Gasteiger partial charge on any atom is -0.326 e. The second-order valence-electron chi connectivity index (χ2n) is 5.51. The highest BCUT2D eigenvalue weighted by Crippen LogP contribution is 2.29. The summed E-state index contributed by atoms with van der Waals surface area (Å²) in [5.41, 5.74) is 2.94. The van der Waals surface area contributed by atoms with Gasteiger partial charge in [0.25, 0.3) is 0 Å². The van der Waals surface area contributed by atoms with E-state index < -0.39 is 0 Å². The molecule has 0 fully saturated rings. The molecule has 7 nitrogen and oxygen atoms in total. The number of aromatic nitrogens is 1. The predicted octanol–water partition coefficient (Wildman–Crippen LogP) is 3.93. The number of benzene rings is 2. The maximum Gasteiger partial charge on any atom is 0.221 e. The van der Waals surface area contributed by atoms with Crippen molar-refractivity contribution < 1.29 is 4.79 Å². The number of amides is 1. The number of nitrogens with one attached hydrogen (secondary N) is 2. The molecule has 0 saturated heterocycles. The van der Waals surface area contributed by atoms with Gasteiger partial charge in [-0.15, -0.1) is 24.0 Å². The highest BCUT2D eigenvalue weighted by Gasteiger charge is 2.15. The van der Waals surface area contributed by atoms with E-state index in [0.29, 0.717) is 21.7 Å². The zero-order valence-corrected chi connectivity index (χ0v) is 16.3. The quantitative estimate of drug-likeness (QED) is 0.205. The molecule has 3 aromatic rings. The van der Waals surface area contributed by atoms with Crippen molar-refractivity contribution >= 4 is 63.1 Å². The summed E-state index contributed by atoms with van der Waals surface area (Å²) in [6.07, 6.45) is 2.15. The van der Waals surface area contributed by atoms with Gasteiger partial charge in [-0.1, -0.05) is 0 Å². The largest absolute Gasteiger partial charge is 0.326 e. The van der Waals surface area contributed by atoms with Crippen LogP contribution >= 0.6 is 24.0 Å². The molecule has 136 valence electrons. The van der Waals surface area contributed by atoms with E-state index in [0.717, 1.165) is 15.9 Å². The van der Waals surface area contributed by atoms with Crippen LogP contribution in [0.1, 0.15) is 6.92 Å². The summed E-state index contributed by atoms with van der Waals surface area (Å²) in [6.45, 7) is 1.45. The maximum atomic E-state index is 11.1. The molecule has 0 atom stereocenters. The number of rotatable bonds is 3. The first-order valence-corrected chi connectivity index (χ1v) is 9.17. The minimum atomic E-state index is -0.134. The number of anilines is 3. The van der Waals surface area contributed by atoms with E-state index in [2.05, 4.69) is 39.4 Å². The Hall–Kier alpha value is -3.09. The molecular weight excluding hydrogens is 380 g/mol. The zero-order chi connectivity index (χ0) is 19.4. The average Bonchev–Trinajstić information content (AvgIpc) is 3.01. The van der Waals surface area contributed by atoms with Crippen molar-refractivity contribution in [3.8, 4) is 6.19 Å². The van der Waals surface area contributed by atoms with Crippen LogP contribution in [-0.2, 0) is 4.79 Å². The number of hydrogen-bond donors (Lipinski definition) is 3. The fourth-order valence-electron chi connectivity index (χ4n) is 2.45. The second-order valence-corrected chi connectivity index (χ2v) is 7.27. The molecule has 1 amide bonds. The number of thiazole rings is 1. The van der Waals surface area contributed by atoms with Gasteiger partial charge in [0.15, 0.2) is 6.19 Å². The molecule has 1 aromatic heterocycles. The SMILES string of the molecule is CN=C(Nc1ccc(NC(C)=O)cc1)N(C#N)c1ccc2nc(S)sc2c1. The Labute approximate surface area is 165 Å². The summed E-state index contributed by atoms with van der Waals surface area (Å²) in [4.78, 5) is 21.0. The fourth-order valence-corrected chi connectivity index (χ4v) is 3.59. The van der Waals surface area contributed by atoms with E-state index >= 15 is 0 Å². The number of aliphatic imine (C=N–C) groups is 1. The van der Waals surface area contributed by atoms with Gasteiger partial charge in [0.2, 0.25) is 11.9 Å². The lowest BCUT2D eigenvalue weighted by molar-refractivity contribution is -0.114. The van der Waals surface area contributed by atoms with Gasteiger partial charge < -0.3 is 10.6 Å². The van der Waals surface area contributed by atoms with Gasteiger partial charge in [-0.05, 0) is 42.5 Å². The van der Waals surface area contributed by atoms with Crippen molar-refractivity contribution in [1.82, 2.24) is 4.98 Å². The first kappa shape index (κ1) is 18.7. The van der Waals surface area contributed by atoms with Crippen molar-refractivity contribution in [2.75, 3.05) is 22.6 Å². The standard InChI is InChI=1S/C18H16N6OS2/c1-11(25)21-12-3-5-13(6-4-12)22-17(20-2)24(10-19)14-7-8-15-16(9-14)27-18(26)23-15/h3-9H,1-2H3,(H,20,22)(H,21,25)(H,23,26). The normalized spacial score (nSPS) is 11.1. The van der Waals surface area contributed by atoms with Gasteiger partial charge in [-0.25, -0.2) is 9.88 Å². The van der Waals surface area contributed by atoms with Crippen LogP contribution in [0.15, 0.2) is 51.8 Å². The molecule has 0 saturated carbocycles. The van der Waals surface area contributed by atoms with E-state index in [9.17, 15) is 10.1 Å². The molecule has 0 aliphatic rings. The van der Waals surface area contributed by atoms with Gasteiger partial charge in [-0.3, -0.25) is 9.79 Å². The Morgan fingerprint density at radius 3 is 2.48 bits per heavy atom. The number of thiol groups is 1. The molecule has 0 unspecified atom stereocenters. The Morgan fingerprint density at radius 2 is 1.89 bits per heavy atom. The van der Waals surface area contributed by atoms with Crippen LogP contribution < -0.4 is 15.5 Å². The molecule has 2 N–H and O–H groups in total. The average molecular weight is 397 g/mol. The van der Waals surface area contributed by atoms with Crippen molar-refractivity contribution in [2.24, 2.45) is 4.99 Å². The summed E-state index contributed by atoms with van der Waals surface area (Å²) < 4.78 is 1.61. The molecule has 27 heavy (non-hydrogen) atoms. The van der Waals surface area contributed by atoms with Crippen molar-refractivity contribution in [3.63, 3.8) is 0 Å². The molecule has 0 spiro atoms. The van der Waals surface area contributed by atoms with Crippen LogP contribution in [0.25, 0.3) is 10.2 Å². The Bertz CT molecular complexity index is 1050. The Kier molecular flexibility index (Phi) is 5.59. The molecule has 0 aliphatic carbocycles. The maximum absolute atomic E-state index is 11.1. The van der Waals surface area contributed by atoms with Crippen LogP contribution in [0.4, 0.5) is 17.1 Å². The van der Waals surface area contributed by atoms with Crippen LogP contribution in [-0.4, -0.2) is 23.9 Å².